The molecule has 1 aliphatic heterocycles. The lowest BCUT2D eigenvalue weighted by atomic mass is 9.96. The number of para-hydroxylation sites is 1. The minimum atomic E-state index is -0.115. The van der Waals surface area contributed by atoms with Gasteiger partial charge in [0.25, 0.3) is 0 Å². The molecule has 26 heavy (non-hydrogen) atoms. The molecule has 0 atom stereocenters. The second kappa shape index (κ2) is 9.12. The maximum atomic E-state index is 12.3. The van der Waals surface area contributed by atoms with E-state index in [1.165, 1.54) is 4.70 Å². The number of unbranched alkanes of at least 4 members (excludes halogenated alkanes) is 1. The molecule has 140 valence electrons. The molecule has 0 radical (unpaired) electrons. The lowest BCUT2D eigenvalue weighted by Gasteiger charge is -2.31. The van der Waals surface area contributed by atoms with Crippen molar-refractivity contribution in [3.8, 4) is 0 Å². The Balaban J connectivity index is 1.36. The number of nitrogens with zero attached hydrogens (tertiary/aromatic N) is 2. The van der Waals surface area contributed by atoms with E-state index < -0.39 is 0 Å². The van der Waals surface area contributed by atoms with Crippen molar-refractivity contribution in [2.75, 3.05) is 19.7 Å². The molecule has 2 heterocycles. The molecule has 1 amide bonds. The number of carbonyl (C=O) groups excluding carboxylic acids is 2. The summed E-state index contributed by atoms with van der Waals surface area (Å²) >= 11 is 1.74. The summed E-state index contributed by atoms with van der Waals surface area (Å²) in [4.78, 5) is 30.6. The minimum Gasteiger partial charge on any atom is -0.466 e. The SMILES string of the molecule is CCOC(=O)C1CCN(C(=O)CCCCc2nc3ccccc3s2)CC1. The number of hydrogen-bond acceptors (Lipinski definition) is 5. The van der Waals surface area contributed by atoms with Gasteiger partial charge in [-0.1, -0.05) is 12.1 Å². The number of aromatic nitrogens is 1. The summed E-state index contributed by atoms with van der Waals surface area (Å²) in [6.45, 7) is 3.58. The molecular weight excluding hydrogens is 348 g/mol. The van der Waals surface area contributed by atoms with E-state index in [2.05, 4.69) is 11.1 Å². The van der Waals surface area contributed by atoms with Crippen LogP contribution in [-0.2, 0) is 20.7 Å². The lowest BCUT2D eigenvalue weighted by molar-refractivity contribution is -0.151. The predicted octanol–water partition coefficient (Wildman–Crippen LogP) is 3.81. The second-order valence-corrected chi connectivity index (χ2v) is 7.80. The molecule has 1 aliphatic rings. The Hall–Kier alpha value is -1.95. The van der Waals surface area contributed by atoms with Gasteiger partial charge in [-0.25, -0.2) is 4.98 Å². The van der Waals surface area contributed by atoms with Crippen LogP contribution in [0.2, 0.25) is 0 Å². The molecule has 0 bridgehead atoms. The van der Waals surface area contributed by atoms with E-state index in [-0.39, 0.29) is 17.8 Å². The van der Waals surface area contributed by atoms with Gasteiger partial charge in [0.05, 0.1) is 27.7 Å². The van der Waals surface area contributed by atoms with Crippen LogP contribution in [0, 0.1) is 5.92 Å². The second-order valence-electron chi connectivity index (χ2n) is 6.69. The first-order valence-electron chi connectivity index (χ1n) is 9.46. The van der Waals surface area contributed by atoms with Crippen molar-refractivity contribution in [1.82, 2.24) is 9.88 Å². The van der Waals surface area contributed by atoms with Crippen molar-refractivity contribution in [3.05, 3.63) is 29.3 Å². The normalized spacial score (nSPS) is 15.3. The average molecular weight is 375 g/mol. The Bertz CT molecular complexity index is 717. The lowest BCUT2D eigenvalue weighted by Crippen LogP contribution is -2.40. The highest BCUT2D eigenvalue weighted by Crippen LogP contribution is 2.23. The monoisotopic (exact) mass is 374 g/mol. The standard InChI is InChI=1S/C20H26N2O3S/c1-2-25-20(24)15-11-13-22(14-12-15)19(23)10-6-5-9-18-21-16-7-3-4-8-17(16)26-18/h3-4,7-8,15H,2,5-6,9-14H2,1H3. The molecule has 6 heteroatoms. The van der Waals surface area contributed by atoms with Crippen molar-refractivity contribution in [2.45, 2.75) is 45.4 Å². The van der Waals surface area contributed by atoms with E-state index in [9.17, 15) is 9.59 Å². The number of likely N-dealkylation sites (tertiary alicyclic amines) is 1. The largest absolute Gasteiger partial charge is 0.466 e. The topological polar surface area (TPSA) is 59.5 Å². The van der Waals surface area contributed by atoms with E-state index in [0.717, 1.165) is 42.6 Å². The van der Waals surface area contributed by atoms with Gasteiger partial charge in [-0.05, 0) is 51.2 Å². The summed E-state index contributed by atoms with van der Waals surface area (Å²) < 4.78 is 6.30. The van der Waals surface area contributed by atoms with Crippen LogP contribution in [-0.4, -0.2) is 41.5 Å². The Morgan fingerprint density at radius 2 is 2.00 bits per heavy atom. The quantitative estimate of drug-likeness (QED) is 0.546. The maximum Gasteiger partial charge on any atom is 0.309 e. The van der Waals surface area contributed by atoms with Gasteiger partial charge in [-0.3, -0.25) is 9.59 Å². The van der Waals surface area contributed by atoms with Crippen LogP contribution in [0.1, 0.15) is 44.0 Å². The van der Waals surface area contributed by atoms with E-state index in [1.54, 1.807) is 11.3 Å². The number of hydrogen-bond donors (Lipinski definition) is 0. The summed E-state index contributed by atoms with van der Waals surface area (Å²) in [5.74, 6) is 0.0464. The predicted molar refractivity (Wildman–Crippen MR) is 103 cm³/mol. The third-order valence-corrected chi connectivity index (χ3v) is 5.93. The Kier molecular flexibility index (Phi) is 6.61. The zero-order valence-corrected chi connectivity index (χ0v) is 16.1. The number of piperidine rings is 1. The molecule has 0 unspecified atom stereocenters. The van der Waals surface area contributed by atoms with Crippen LogP contribution in [0.5, 0.6) is 0 Å². The Labute approximate surface area is 158 Å². The first-order valence-corrected chi connectivity index (χ1v) is 10.3. The summed E-state index contributed by atoms with van der Waals surface area (Å²) in [7, 11) is 0. The highest BCUT2D eigenvalue weighted by Gasteiger charge is 2.27. The number of fused-ring (bicyclic) bond motifs is 1. The fourth-order valence-corrected chi connectivity index (χ4v) is 4.37. The van der Waals surface area contributed by atoms with Gasteiger partial charge < -0.3 is 9.64 Å². The van der Waals surface area contributed by atoms with Gasteiger partial charge in [0, 0.05) is 19.5 Å². The number of rotatable bonds is 7. The van der Waals surface area contributed by atoms with Gasteiger partial charge >= 0.3 is 5.97 Å². The zero-order chi connectivity index (χ0) is 18.4. The number of esters is 1. The van der Waals surface area contributed by atoms with Crippen LogP contribution >= 0.6 is 11.3 Å². The molecule has 1 aromatic heterocycles. The van der Waals surface area contributed by atoms with E-state index in [4.69, 9.17) is 4.74 Å². The van der Waals surface area contributed by atoms with Crippen molar-refractivity contribution in [2.24, 2.45) is 5.92 Å². The summed E-state index contributed by atoms with van der Waals surface area (Å²) in [5.41, 5.74) is 1.06. The van der Waals surface area contributed by atoms with Crippen molar-refractivity contribution >= 4 is 33.4 Å². The van der Waals surface area contributed by atoms with Crippen LogP contribution in [0.15, 0.2) is 24.3 Å². The summed E-state index contributed by atoms with van der Waals surface area (Å²) in [5, 5.41) is 1.15. The molecule has 3 rings (SSSR count). The molecule has 0 spiro atoms. The van der Waals surface area contributed by atoms with E-state index >= 15 is 0 Å². The van der Waals surface area contributed by atoms with Gasteiger partial charge in [0.2, 0.25) is 5.91 Å². The van der Waals surface area contributed by atoms with E-state index in [0.29, 0.717) is 26.1 Å². The van der Waals surface area contributed by atoms with Crippen molar-refractivity contribution in [1.29, 1.82) is 0 Å². The average Bonchev–Trinajstić information content (AvgIpc) is 3.08. The molecule has 0 saturated carbocycles. The van der Waals surface area contributed by atoms with Crippen LogP contribution < -0.4 is 0 Å². The molecule has 0 aliphatic carbocycles. The highest BCUT2D eigenvalue weighted by molar-refractivity contribution is 7.18. The molecule has 2 aromatic rings. The van der Waals surface area contributed by atoms with Gasteiger partial charge in [-0.2, -0.15) is 0 Å². The molecular formula is C20H26N2O3S. The first kappa shape index (κ1) is 18.8. The fraction of sp³-hybridized carbons (Fsp3) is 0.550. The van der Waals surface area contributed by atoms with E-state index in [1.807, 2.05) is 30.0 Å². The van der Waals surface area contributed by atoms with Crippen LogP contribution in [0.25, 0.3) is 10.2 Å². The number of amides is 1. The van der Waals surface area contributed by atoms with Gasteiger partial charge in [-0.15, -0.1) is 11.3 Å². The van der Waals surface area contributed by atoms with Crippen molar-refractivity contribution in [3.63, 3.8) is 0 Å². The van der Waals surface area contributed by atoms with Gasteiger partial charge in [0.1, 0.15) is 0 Å². The molecule has 5 nitrogen and oxygen atoms in total. The van der Waals surface area contributed by atoms with Gasteiger partial charge in [0.15, 0.2) is 0 Å². The molecule has 1 aromatic carbocycles. The maximum absolute atomic E-state index is 12.3. The summed E-state index contributed by atoms with van der Waals surface area (Å²) in [6, 6.07) is 8.18. The number of carbonyl (C=O) groups is 2. The summed E-state index contributed by atoms with van der Waals surface area (Å²) in [6.07, 6.45) is 4.80. The molecule has 1 saturated heterocycles. The molecule has 1 fully saturated rings. The number of aryl methyl sites for hydroxylation is 1. The van der Waals surface area contributed by atoms with Crippen LogP contribution in [0.4, 0.5) is 0 Å². The Morgan fingerprint density at radius 3 is 2.73 bits per heavy atom. The smallest absolute Gasteiger partial charge is 0.309 e. The Morgan fingerprint density at radius 1 is 1.23 bits per heavy atom. The fourth-order valence-electron chi connectivity index (χ4n) is 3.36. The third-order valence-electron chi connectivity index (χ3n) is 4.84. The first-order chi connectivity index (χ1) is 12.7. The van der Waals surface area contributed by atoms with Crippen LogP contribution in [0.3, 0.4) is 0 Å². The third kappa shape index (κ3) is 4.81. The number of benzene rings is 1. The number of ether oxygens (including phenoxy) is 1. The molecule has 0 N–H and O–H groups in total. The van der Waals surface area contributed by atoms with Crippen molar-refractivity contribution < 1.29 is 14.3 Å². The number of thiazole rings is 1. The highest BCUT2D eigenvalue weighted by atomic mass is 32.1. The zero-order valence-electron chi connectivity index (χ0n) is 15.3. The minimum absolute atomic E-state index is 0.0435.